The molecule has 0 radical (unpaired) electrons. The Kier molecular flexibility index (Phi) is 4.39. The van der Waals surface area contributed by atoms with E-state index in [0.717, 1.165) is 11.3 Å². The summed E-state index contributed by atoms with van der Waals surface area (Å²) in [5, 5.41) is 5.58. The van der Waals surface area contributed by atoms with Gasteiger partial charge in [0.05, 0.1) is 0 Å². The average Bonchev–Trinajstić information content (AvgIpc) is 2.40. The van der Waals surface area contributed by atoms with Crippen LogP contribution in [0.3, 0.4) is 0 Å². The minimum atomic E-state index is -0.163. The van der Waals surface area contributed by atoms with E-state index >= 15 is 0 Å². The topological polar surface area (TPSA) is 67.4 Å². The van der Waals surface area contributed by atoms with Crippen LogP contribution < -0.4 is 15.4 Å². The molecule has 1 atom stereocenters. The number of benzene rings is 1. The highest BCUT2D eigenvalue weighted by atomic mass is 16.5. The highest BCUT2D eigenvalue weighted by Crippen LogP contribution is 2.15. The van der Waals surface area contributed by atoms with Crippen molar-refractivity contribution in [3.8, 4) is 5.75 Å². The van der Waals surface area contributed by atoms with Gasteiger partial charge in [0.2, 0.25) is 5.91 Å². The summed E-state index contributed by atoms with van der Waals surface area (Å²) in [4.78, 5) is 22.7. The first-order chi connectivity index (χ1) is 9.15. The summed E-state index contributed by atoms with van der Waals surface area (Å²) in [7, 11) is 0. The van der Waals surface area contributed by atoms with Gasteiger partial charge >= 0.3 is 0 Å². The normalized spacial score (nSPS) is 18.6. The van der Waals surface area contributed by atoms with Crippen molar-refractivity contribution in [1.29, 1.82) is 0 Å². The molecular weight excluding hydrogens is 244 g/mol. The lowest BCUT2D eigenvalue weighted by Gasteiger charge is -2.23. The van der Waals surface area contributed by atoms with Crippen LogP contribution in [-0.2, 0) is 9.59 Å². The van der Waals surface area contributed by atoms with E-state index < -0.39 is 0 Å². The Balaban J connectivity index is 1.76. The molecule has 1 aliphatic rings. The molecule has 0 spiro atoms. The number of amides is 2. The molecule has 2 rings (SSSR count). The highest BCUT2D eigenvalue weighted by molar-refractivity contribution is 5.79. The summed E-state index contributed by atoms with van der Waals surface area (Å²) >= 11 is 0. The largest absolute Gasteiger partial charge is 0.484 e. The Morgan fingerprint density at radius 3 is 2.95 bits per heavy atom. The Bertz CT molecular complexity index is 464. The van der Waals surface area contributed by atoms with Crippen molar-refractivity contribution in [2.24, 2.45) is 0 Å². The molecular formula is C14H18N2O3. The van der Waals surface area contributed by atoms with E-state index in [2.05, 4.69) is 10.6 Å². The summed E-state index contributed by atoms with van der Waals surface area (Å²) in [6.45, 7) is 2.42. The van der Waals surface area contributed by atoms with Crippen LogP contribution in [0.15, 0.2) is 24.3 Å². The summed E-state index contributed by atoms with van der Waals surface area (Å²) in [5.74, 6) is 0.598. The molecule has 1 aliphatic heterocycles. The van der Waals surface area contributed by atoms with Crippen molar-refractivity contribution in [1.82, 2.24) is 10.6 Å². The number of hydrogen-bond donors (Lipinski definition) is 2. The van der Waals surface area contributed by atoms with Gasteiger partial charge in [0.1, 0.15) is 5.75 Å². The summed E-state index contributed by atoms with van der Waals surface area (Å²) < 4.78 is 5.46. The van der Waals surface area contributed by atoms with Gasteiger partial charge in [-0.15, -0.1) is 0 Å². The fourth-order valence-corrected chi connectivity index (χ4v) is 1.99. The van der Waals surface area contributed by atoms with Crippen molar-refractivity contribution in [2.75, 3.05) is 13.2 Å². The lowest BCUT2D eigenvalue weighted by Crippen LogP contribution is -2.48. The summed E-state index contributed by atoms with van der Waals surface area (Å²) in [6, 6.07) is 7.57. The minimum Gasteiger partial charge on any atom is -0.484 e. The van der Waals surface area contributed by atoms with Crippen molar-refractivity contribution >= 4 is 11.8 Å². The predicted molar refractivity (Wildman–Crippen MR) is 70.8 cm³/mol. The maximum atomic E-state index is 11.7. The first-order valence-electron chi connectivity index (χ1n) is 6.39. The Hall–Kier alpha value is -2.04. The van der Waals surface area contributed by atoms with E-state index in [-0.39, 0.29) is 24.5 Å². The molecule has 0 aliphatic carbocycles. The van der Waals surface area contributed by atoms with E-state index in [1.807, 2.05) is 31.2 Å². The number of nitrogens with one attached hydrogen (secondary N) is 2. The number of aryl methyl sites for hydroxylation is 1. The van der Waals surface area contributed by atoms with Gasteiger partial charge < -0.3 is 15.4 Å². The molecule has 1 aromatic carbocycles. The second-order valence-corrected chi connectivity index (χ2v) is 4.66. The van der Waals surface area contributed by atoms with Crippen molar-refractivity contribution < 1.29 is 14.3 Å². The number of para-hydroxylation sites is 1. The van der Waals surface area contributed by atoms with Crippen molar-refractivity contribution in [2.45, 2.75) is 25.8 Å². The molecule has 2 N–H and O–H groups in total. The molecule has 1 unspecified atom stereocenters. The van der Waals surface area contributed by atoms with Crippen LogP contribution in [0.4, 0.5) is 0 Å². The maximum Gasteiger partial charge on any atom is 0.258 e. The molecule has 2 amide bonds. The van der Waals surface area contributed by atoms with Gasteiger partial charge in [0.25, 0.3) is 5.91 Å². The smallest absolute Gasteiger partial charge is 0.258 e. The number of hydrogen-bond acceptors (Lipinski definition) is 3. The van der Waals surface area contributed by atoms with Crippen LogP contribution in [-0.4, -0.2) is 31.0 Å². The van der Waals surface area contributed by atoms with Crippen LogP contribution in [0.1, 0.15) is 18.4 Å². The fourth-order valence-electron chi connectivity index (χ4n) is 1.99. The van der Waals surface area contributed by atoms with Crippen LogP contribution >= 0.6 is 0 Å². The Morgan fingerprint density at radius 2 is 2.26 bits per heavy atom. The van der Waals surface area contributed by atoms with Crippen LogP contribution in [0.5, 0.6) is 5.75 Å². The second-order valence-electron chi connectivity index (χ2n) is 4.66. The van der Waals surface area contributed by atoms with Gasteiger partial charge in [-0.05, 0) is 25.0 Å². The SMILES string of the molecule is Cc1ccccc1OCC(=O)NC1CCC(=O)NC1. The highest BCUT2D eigenvalue weighted by Gasteiger charge is 2.19. The zero-order valence-electron chi connectivity index (χ0n) is 10.9. The van der Waals surface area contributed by atoms with Gasteiger partial charge in [-0.1, -0.05) is 18.2 Å². The molecule has 102 valence electrons. The fraction of sp³-hybridized carbons (Fsp3) is 0.429. The van der Waals surface area contributed by atoms with Crippen LogP contribution in [0.2, 0.25) is 0 Å². The monoisotopic (exact) mass is 262 g/mol. The van der Waals surface area contributed by atoms with Gasteiger partial charge in [0, 0.05) is 19.0 Å². The lowest BCUT2D eigenvalue weighted by molar-refractivity contribution is -0.126. The molecule has 5 nitrogen and oxygen atoms in total. The third kappa shape index (κ3) is 3.98. The third-order valence-electron chi connectivity index (χ3n) is 3.08. The van der Waals surface area contributed by atoms with Crippen LogP contribution in [0.25, 0.3) is 0 Å². The molecule has 1 fully saturated rings. The number of rotatable bonds is 4. The van der Waals surface area contributed by atoms with Crippen LogP contribution in [0, 0.1) is 6.92 Å². The molecule has 1 heterocycles. The van der Waals surface area contributed by atoms with E-state index in [4.69, 9.17) is 4.74 Å². The molecule has 0 aromatic heterocycles. The average molecular weight is 262 g/mol. The second kappa shape index (κ2) is 6.22. The Labute approximate surface area is 112 Å². The zero-order chi connectivity index (χ0) is 13.7. The first-order valence-corrected chi connectivity index (χ1v) is 6.39. The van der Waals surface area contributed by atoms with Gasteiger partial charge in [0.15, 0.2) is 6.61 Å². The van der Waals surface area contributed by atoms with E-state index in [9.17, 15) is 9.59 Å². The van der Waals surface area contributed by atoms with Crippen molar-refractivity contribution in [3.63, 3.8) is 0 Å². The van der Waals surface area contributed by atoms with E-state index in [1.165, 1.54) is 0 Å². The van der Waals surface area contributed by atoms with Crippen molar-refractivity contribution in [3.05, 3.63) is 29.8 Å². The quantitative estimate of drug-likeness (QED) is 0.842. The zero-order valence-corrected chi connectivity index (χ0v) is 10.9. The molecule has 5 heteroatoms. The van der Waals surface area contributed by atoms with Gasteiger partial charge in [-0.2, -0.15) is 0 Å². The molecule has 0 bridgehead atoms. The summed E-state index contributed by atoms with van der Waals surface area (Å²) in [5.41, 5.74) is 1.00. The number of piperidine rings is 1. The van der Waals surface area contributed by atoms with E-state index in [1.54, 1.807) is 0 Å². The molecule has 1 saturated heterocycles. The molecule has 19 heavy (non-hydrogen) atoms. The minimum absolute atomic E-state index is 0.00466. The first kappa shape index (κ1) is 13.4. The van der Waals surface area contributed by atoms with E-state index in [0.29, 0.717) is 19.4 Å². The predicted octanol–water partition coefficient (Wildman–Crippen LogP) is 0.769. The maximum absolute atomic E-state index is 11.7. The number of carbonyl (C=O) groups excluding carboxylic acids is 2. The number of carbonyl (C=O) groups is 2. The van der Waals surface area contributed by atoms with Gasteiger partial charge in [-0.25, -0.2) is 0 Å². The standard InChI is InChI=1S/C14H18N2O3/c1-10-4-2-3-5-12(10)19-9-14(18)16-11-6-7-13(17)15-8-11/h2-5,11H,6-9H2,1H3,(H,15,17)(H,16,18). The molecule has 0 saturated carbocycles. The Morgan fingerprint density at radius 1 is 1.47 bits per heavy atom. The molecule has 1 aromatic rings. The summed E-state index contributed by atoms with van der Waals surface area (Å²) in [6.07, 6.45) is 1.14. The lowest BCUT2D eigenvalue weighted by atomic mass is 10.1. The third-order valence-corrected chi connectivity index (χ3v) is 3.08. The van der Waals surface area contributed by atoms with Gasteiger partial charge in [-0.3, -0.25) is 9.59 Å². The number of ether oxygens (including phenoxy) is 1.